The molecule has 0 N–H and O–H groups in total. The monoisotopic (exact) mass is 322 g/mol. The number of fused-ring (bicyclic) bond motifs is 1. The zero-order valence-electron chi connectivity index (χ0n) is 12.3. The number of rotatable bonds is 2. The predicted molar refractivity (Wildman–Crippen MR) is 78.5 cm³/mol. The summed E-state index contributed by atoms with van der Waals surface area (Å²) in [6, 6.07) is 4.63. The molecule has 2 aliphatic heterocycles. The van der Waals surface area contributed by atoms with Gasteiger partial charge in [-0.3, -0.25) is 0 Å². The Morgan fingerprint density at radius 1 is 1.45 bits per heavy atom. The second kappa shape index (κ2) is 5.93. The number of ether oxygens (including phenoxy) is 1. The van der Waals surface area contributed by atoms with Crippen LogP contribution in [0.25, 0.3) is 0 Å². The number of nitriles is 1. The summed E-state index contributed by atoms with van der Waals surface area (Å²) in [6.07, 6.45) is 2.15. The second-order valence-electron chi connectivity index (χ2n) is 5.61. The molecule has 0 aromatic carbocycles. The highest BCUT2D eigenvalue weighted by Crippen LogP contribution is 2.28. The van der Waals surface area contributed by atoms with Crippen LogP contribution in [0.15, 0.2) is 23.2 Å². The van der Waals surface area contributed by atoms with Gasteiger partial charge in [0.15, 0.2) is 5.69 Å². The van der Waals surface area contributed by atoms with Crippen molar-refractivity contribution in [1.29, 1.82) is 5.26 Å². The third-order valence-corrected chi connectivity index (χ3v) is 6.16. The van der Waals surface area contributed by atoms with E-state index in [2.05, 4.69) is 9.88 Å². The molecule has 2 saturated heterocycles. The summed E-state index contributed by atoms with van der Waals surface area (Å²) in [5.41, 5.74) is -0.0605. The summed E-state index contributed by atoms with van der Waals surface area (Å²) in [4.78, 5) is 5.95. The van der Waals surface area contributed by atoms with Gasteiger partial charge in [0, 0.05) is 25.8 Å². The smallest absolute Gasteiger partial charge is 0.246 e. The summed E-state index contributed by atoms with van der Waals surface area (Å²) in [7, 11) is -1.78. The molecule has 2 atom stereocenters. The first-order valence-electron chi connectivity index (χ1n) is 7.21. The predicted octanol–water partition coefficient (Wildman–Crippen LogP) is 0.0469. The van der Waals surface area contributed by atoms with Crippen molar-refractivity contribution in [2.75, 3.05) is 33.3 Å². The maximum absolute atomic E-state index is 13.0. The van der Waals surface area contributed by atoms with Crippen LogP contribution < -0.4 is 0 Å². The van der Waals surface area contributed by atoms with Gasteiger partial charge in [0.1, 0.15) is 11.0 Å². The molecule has 7 nitrogen and oxygen atoms in total. The molecule has 0 saturated carbocycles. The van der Waals surface area contributed by atoms with Crippen LogP contribution in [0.1, 0.15) is 12.1 Å². The van der Waals surface area contributed by atoms with E-state index >= 15 is 0 Å². The quantitative estimate of drug-likeness (QED) is 0.764. The molecule has 3 heterocycles. The van der Waals surface area contributed by atoms with Crippen molar-refractivity contribution in [2.24, 2.45) is 0 Å². The van der Waals surface area contributed by atoms with Crippen molar-refractivity contribution in [1.82, 2.24) is 14.2 Å². The first-order valence-corrected chi connectivity index (χ1v) is 8.65. The Balaban J connectivity index is 1.99. The van der Waals surface area contributed by atoms with Gasteiger partial charge < -0.3 is 9.64 Å². The molecular weight excluding hydrogens is 304 g/mol. The largest absolute Gasteiger partial charge is 0.375 e. The van der Waals surface area contributed by atoms with Crippen molar-refractivity contribution >= 4 is 10.0 Å². The molecule has 0 radical (unpaired) electrons. The van der Waals surface area contributed by atoms with Crippen LogP contribution in [0.4, 0.5) is 0 Å². The Kier molecular flexibility index (Phi) is 4.14. The number of morpholine rings is 1. The second-order valence-corrected chi connectivity index (χ2v) is 7.46. The van der Waals surface area contributed by atoms with Crippen LogP contribution in [0.5, 0.6) is 0 Å². The van der Waals surface area contributed by atoms with Crippen molar-refractivity contribution < 1.29 is 13.2 Å². The van der Waals surface area contributed by atoms with Gasteiger partial charge in [-0.25, -0.2) is 13.4 Å². The molecule has 1 aromatic heterocycles. The molecule has 0 unspecified atom stereocenters. The topological polar surface area (TPSA) is 86.5 Å². The highest BCUT2D eigenvalue weighted by molar-refractivity contribution is 7.89. The van der Waals surface area contributed by atoms with Crippen molar-refractivity contribution in [3.63, 3.8) is 0 Å². The third kappa shape index (κ3) is 2.61. The minimum absolute atomic E-state index is 0.0219. The number of piperidine rings is 1. The van der Waals surface area contributed by atoms with E-state index in [0.717, 1.165) is 13.0 Å². The fourth-order valence-electron chi connectivity index (χ4n) is 3.11. The van der Waals surface area contributed by atoms with E-state index in [1.165, 1.54) is 16.6 Å². The van der Waals surface area contributed by atoms with Gasteiger partial charge in [0.25, 0.3) is 0 Å². The van der Waals surface area contributed by atoms with Crippen LogP contribution in [-0.4, -0.2) is 68.0 Å². The molecule has 118 valence electrons. The lowest BCUT2D eigenvalue weighted by Crippen LogP contribution is -2.60. The molecule has 2 fully saturated rings. The molecular formula is C14H18N4O3S. The number of hydrogen-bond acceptors (Lipinski definition) is 6. The first kappa shape index (κ1) is 15.4. The van der Waals surface area contributed by atoms with E-state index in [1.54, 1.807) is 6.07 Å². The Morgan fingerprint density at radius 3 is 3.05 bits per heavy atom. The Bertz CT molecular complexity index is 700. The number of aromatic nitrogens is 1. The first-order chi connectivity index (χ1) is 10.5. The van der Waals surface area contributed by atoms with E-state index in [4.69, 9.17) is 10.00 Å². The van der Waals surface area contributed by atoms with E-state index in [9.17, 15) is 8.42 Å². The molecule has 22 heavy (non-hydrogen) atoms. The maximum Gasteiger partial charge on any atom is 0.246 e. The van der Waals surface area contributed by atoms with E-state index in [-0.39, 0.29) is 22.7 Å². The summed E-state index contributed by atoms with van der Waals surface area (Å²) in [5.74, 6) is 0. The van der Waals surface area contributed by atoms with Crippen LogP contribution in [0, 0.1) is 11.3 Å². The number of pyridine rings is 1. The summed E-state index contributed by atoms with van der Waals surface area (Å²) in [5, 5.41) is 9.13. The normalized spacial score (nSPS) is 27.1. The Morgan fingerprint density at radius 2 is 2.27 bits per heavy atom. The average molecular weight is 322 g/mol. The summed E-state index contributed by atoms with van der Waals surface area (Å²) >= 11 is 0. The average Bonchev–Trinajstić information content (AvgIpc) is 2.54. The van der Waals surface area contributed by atoms with Gasteiger partial charge in [-0.2, -0.15) is 9.57 Å². The van der Waals surface area contributed by atoms with Crippen molar-refractivity contribution in [3.05, 3.63) is 24.0 Å². The Hall–Kier alpha value is -1.53. The highest BCUT2D eigenvalue weighted by atomic mass is 32.2. The fraction of sp³-hybridized carbons (Fsp3) is 0.571. The minimum atomic E-state index is -3.76. The third-order valence-electron chi connectivity index (χ3n) is 4.20. The molecule has 1 aromatic rings. The summed E-state index contributed by atoms with van der Waals surface area (Å²) in [6.45, 7) is 2.21. The number of likely N-dealkylation sites (N-methyl/N-ethyl adjacent to an activating group) is 1. The van der Waals surface area contributed by atoms with Crippen molar-refractivity contribution in [3.8, 4) is 6.07 Å². The Labute approximate surface area is 130 Å². The van der Waals surface area contributed by atoms with Crippen LogP contribution in [0.3, 0.4) is 0 Å². The maximum atomic E-state index is 13.0. The minimum Gasteiger partial charge on any atom is -0.375 e. The van der Waals surface area contributed by atoms with Gasteiger partial charge in [-0.1, -0.05) is 0 Å². The summed E-state index contributed by atoms with van der Waals surface area (Å²) < 4.78 is 33.2. The van der Waals surface area contributed by atoms with E-state index in [1.807, 2.05) is 13.1 Å². The highest BCUT2D eigenvalue weighted by Gasteiger charge is 2.42. The number of nitrogens with zero attached hydrogens (tertiary/aromatic N) is 4. The van der Waals surface area contributed by atoms with Gasteiger partial charge in [0.2, 0.25) is 10.0 Å². The van der Waals surface area contributed by atoms with E-state index < -0.39 is 10.0 Å². The molecule has 8 heteroatoms. The van der Waals surface area contributed by atoms with E-state index in [0.29, 0.717) is 19.7 Å². The van der Waals surface area contributed by atoms with Gasteiger partial charge in [-0.05, 0) is 25.6 Å². The van der Waals surface area contributed by atoms with Crippen LogP contribution in [-0.2, 0) is 14.8 Å². The fourth-order valence-corrected chi connectivity index (χ4v) is 4.83. The lowest BCUT2D eigenvalue weighted by molar-refractivity contribution is -0.0719. The standard InChI is InChI=1S/C14H18N4O3S/c1-17-6-4-13-12(10-17)18(7-8-21-13)22(19,20)14-3-2-5-16-11(14)9-15/h2-3,5,12-13H,4,6-8,10H2,1H3/t12-,13+/m0/s1. The molecule has 0 amide bonds. The molecule has 3 rings (SSSR count). The lowest BCUT2D eigenvalue weighted by atomic mass is 10.0. The number of hydrogen-bond donors (Lipinski definition) is 0. The molecule has 0 spiro atoms. The van der Waals surface area contributed by atoms with Crippen LogP contribution in [0.2, 0.25) is 0 Å². The number of sulfonamides is 1. The SMILES string of the molecule is CN1CC[C@H]2OCCN(S(=O)(=O)c3cccnc3C#N)[C@H]2C1. The van der Waals surface area contributed by atoms with Crippen molar-refractivity contribution in [2.45, 2.75) is 23.5 Å². The molecule has 0 bridgehead atoms. The molecule has 2 aliphatic rings. The zero-order valence-corrected chi connectivity index (χ0v) is 13.2. The number of likely N-dealkylation sites (tertiary alicyclic amines) is 1. The lowest BCUT2D eigenvalue weighted by Gasteiger charge is -2.45. The van der Waals surface area contributed by atoms with Crippen LogP contribution >= 0.6 is 0 Å². The van der Waals surface area contributed by atoms with Gasteiger partial charge >= 0.3 is 0 Å². The van der Waals surface area contributed by atoms with Gasteiger partial charge in [-0.15, -0.1) is 0 Å². The zero-order chi connectivity index (χ0) is 15.7. The van der Waals surface area contributed by atoms with Gasteiger partial charge in [0.05, 0.1) is 18.8 Å². The molecule has 0 aliphatic carbocycles.